The van der Waals surface area contributed by atoms with Gasteiger partial charge in [0.2, 0.25) is 0 Å². The standard InChI is InChI=1S/C42H38N3O/c1-26(2)35-23-34(32-17-15-31(16-18-32)30-10-8-7-9-11-30)24-36(27(3)4)40(35)45-38-22-29(25-43)13-19-37(38)44(6)42(45)39-28(5)12-14-33-20-21-46-41(33)39/h7-24,26-27H,1-6H3/q+1. The smallest absolute Gasteiger partial charge is 0.299 e. The molecule has 46 heavy (non-hydrogen) atoms. The van der Waals surface area contributed by atoms with Crippen molar-refractivity contribution in [2.75, 3.05) is 0 Å². The lowest BCUT2D eigenvalue weighted by Crippen LogP contribution is -2.30. The summed E-state index contributed by atoms with van der Waals surface area (Å²) in [7, 11) is 2.12. The minimum atomic E-state index is 0.242. The van der Waals surface area contributed by atoms with Crippen LogP contribution in [0, 0.1) is 18.3 Å². The highest BCUT2D eigenvalue weighted by molar-refractivity contribution is 5.94. The molecule has 0 aliphatic heterocycles. The summed E-state index contributed by atoms with van der Waals surface area (Å²) in [5.74, 6) is 1.52. The van der Waals surface area contributed by atoms with Gasteiger partial charge in [-0.15, -0.1) is 0 Å². The number of fused-ring (bicyclic) bond motifs is 2. The Morgan fingerprint density at radius 3 is 1.98 bits per heavy atom. The van der Waals surface area contributed by atoms with Gasteiger partial charge < -0.3 is 4.42 Å². The molecular weight excluding hydrogens is 562 g/mol. The van der Waals surface area contributed by atoms with Crippen LogP contribution in [0.5, 0.6) is 0 Å². The Kier molecular flexibility index (Phi) is 7.34. The molecule has 0 amide bonds. The van der Waals surface area contributed by atoms with Gasteiger partial charge in [0.05, 0.1) is 24.9 Å². The number of hydrogen-bond donors (Lipinski definition) is 0. The van der Waals surface area contributed by atoms with E-state index in [9.17, 15) is 5.26 Å². The first-order chi connectivity index (χ1) is 22.3. The van der Waals surface area contributed by atoms with Crippen LogP contribution in [-0.4, -0.2) is 4.57 Å². The molecule has 226 valence electrons. The lowest BCUT2D eigenvalue weighted by Gasteiger charge is -2.21. The third kappa shape index (κ3) is 4.80. The molecule has 7 aromatic rings. The first kappa shape index (κ1) is 29.3. The van der Waals surface area contributed by atoms with Crippen LogP contribution in [0.1, 0.15) is 61.8 Å². The van der Waals surface area contributed by atoms with Crippen molar-refractivity contribution < 1.29 is 8.98 Å². The highest BCUT2D eigenvalue weighted by Gasteiger charge is 2.33. The van der Waals surface area contributed by atoms with Crippen molar-refractivity contribution in [2.45, 2.75) is 46.5 Å². The summed E-state index contributed by atoms with van der Waals surface area (Å²) < 4.78 is 10.8. The third-order valence-electron chi connectivity index (χ3n) is 9.25. The zero-order valence-corrected chi connectivity index (χ0v) is 27.3. The normalized spacial score (nSPS) is 11.6. The molecule has 0 fully saturated rings. The molecule has 0 bridgehead atoms. The second kappa shape index (κ2) is 11.5. The quantitative estimate of drug-likeness (QED) is 0.178. The van der Waals surface area contributed by atoms with Crippen molar-refractivity contribution in [3.8, 4) is 45.4 Å². The predicted octanol–water partition coefficient (Wildman–Crippen LogP) is 10.6. The molecule has 7 rings (SSSR count). The molecule has 0 saturated heterocycles. The fourth-order valence-electron chi connectivity index (χ4n) is 6.82. The van der Waals surface area contributed by atoms with Gasteiger partial charge in [-0.1, -0.05) is 94.4 Å². The van der Waals surface area contributed by atoms with Gasteiger partial charge in [-0.3, -0.25) is 0 Å². The molecule has 2 aromatic heterocycles. The van der Waals surface area contributed by atoms with Crippen molar-refractivity contribution >= 4 is 22.0 Å². The summed E-state index contributed by atoms with van der Waals surface area (Å²) in [5.41, 5.74) is 14.3. The number of benzene rings is 5. The third-order valence-corrected chi connectivity index (χ3v) is 9.25. The minimum Gasteiger partial charge on any atom is -0.463 e. The van der Waals surface area contributed by atoms with E-state index in [0.29, 0.717) is 5.56 Å². The van der Waals surface area contributed by atoms with E-state index in [1.54, 1.807) is 6.26 Å². The fraction of sp³-hybridized carbons (Fsp3) is 0.190. The van der Waals surface area contributed by atoms with Crippen molar-refractivity contribution in [2.24, 2.45) is 7.05 Å². The van der Waals surface area contributed by atoms with E-state index in [2.05, 4.69) is 142 Å². The molecule has 0 aliphatic rings. The van der Waals surface area contributed by atoms with Crippen molar-refractivity contribution in [3.63, 3.8) is 0 Å². The number of nitriles is 1. The maximum atomic E-state index is 9.97. The van der Waals surface area contributed by atoms with Gasteiger partial charge in [0.1, 0.15) is 16.8 Å². The fourth-order valence-corrected chi connectivity index (χ4v) is 6.82. The van der Waals surface area contributed by atoms with Crippen LogP contribution in [-0.2, 0) is 7.05 Å². The van der Waals surface area contributed by atoms with Gasteiger partial charge in [-0.2, -0.15) is 9.83 Å². The number of imidazole rings is 1. The molecule has 2 heterocycles. The Balaban J connectivity index is 1.54. The lowest BCUT2D eigenvalue weighted by atomic mass is 9.87. The van der Waals surface area contributed by atoms with E-state index >= 15 is 0 Å². The number of aryl methyl sites for hydroxylation is 2. The molecule has 0 atom stereocenters. The first-order valence-electron chi connectivity index (χ1n) is 16.0. The molecule has 0 radical (unpaired) electrons. The van der Waals surface area contributed by atoms with Crippen LogP contribution >= 0.6 is 0 Å². The summed E-state index contributed by atoms with van der Waals surface area (Å²) in [5, 5.41) is 11.0. The van der Waals surface area contributed by atoms with Crippen LogP contribution in [0.4, 0.5) is 0 Å². The van der Waals surface area contributed by atoms with E-state index in [1.807, 2.05) is 18.2 Å². The zero-order chi connectivity index (χ0) is 32.1. The molecule has 4 heteroatoms. The van der Waals surface area contributed by atoms with Crippen molar-refractivity contribution in [1.29, 1.82) is 5.26 Å². The summed E-state index contributed by atoms with van der Waals surface area (Å²) in [6.07, 6.45) is 1.77. The van der Waals surface area contributed by atoms with Gasteiger partial charge >= 0.3 is 0 Å². The van der Waals surface area contributed by atoms with E-state index in [1.165, 1.54) is 39.1 Å². The topological polar surface area (TPSA) is 45.7 Å². The summed E-state index contributed by atoms with van der Waals surface area (Å²) in [6.45, 7) is 11.2. The number of hydrogen-bond acceptors (Lipinski definition) is 2. The van der Waals surface area contributed by atoms with Gasteiger partial charge in [0, 0.05) is 22.6 Å². The molecule has 5 aromatic carbocycles. The van der Waals surface area contributed by atoms with E-state index in [0.717, 1.165) is 39.0 Å². The van der Waals surface area contributed by atoms with Gasteiger partial charge in [0.25, 0.3) is 5.82 Å². The monoisotopic (exact) mass is 600 g/mol. The zero-order valence-electron chi connectivity index (χ0n) is 27.3. The maximum Gasteiger partial charge on any atom is 0.299 e. The molecule has 0 unspecified atom stereocenters. The summed E-state index contributed by atoms with van der Waals surface area (Å²) in [4.78, 5) is 0. The summed E-state index contributed by atoms with van der Waals surface area (Å²) >= 11 is 0. The lowest BCUT2D eigenvalue weighted by molar-refractivity contribution is -0.633. The molecule has 0 saturated carbocycles. The molecule has 4 nitrogen and oxygen atoms in total. The number of furan rings is 1. The number of aromatic nitrogens is 2. The number of nitrogens with zero attached hydrogens (tertiary/aromatic N) is 3. The Bertz CT molecular complexity index is 2250. The van der Waals surface area contributed by atoms with E-state index in [-0.39, 0.29) is 11.8 Å². The van der Waals surface area contributed by atoms with Gasteiger partial charge in [0.15, 0.2) is 11.0 Å². The average Bonchev–Trinajstić information content (AvgIpc) is 3.66. The van der Waals surface area contributed by atoms with E-state index in [4.69, 9.17) is 4.42 Å². The Labute approximate surface area is 270 Å². The second-order valence-corrected chi connectivity index (χ2v) is 12.9. The average molecular weight is 601 g/mol. The molecule has 0 aliphatic carbocycles. The minimum absolute atomic E-state index is 0.242. The molecular formula is C42H38N3O+. The van der Waals surface area contributed by atoms with Crippen molar-refractivity contribution in [3.05, 3.63) is 132 Å². The Morgan fingerprint density at radius 1 is 0.717 bits per heavy atom. The molecule has 0 spiro atoms. The van der Waals surface area contributed by atoms with Crippen LogP contribution in [0.25, 0.3) is 61.3 Å². The van der Waals surface area contributed by atoms with Gasteiger partial charge in [-0.05, 0) is 76.9 Å². The maximum absolute atomic E-state index is 9.97. The first-order valence-corrected chi connectivity index (χ1v) is 16.0. The van der Waals surface area contributed by atoms with E-state index < -0.39 is 0 Å². The van der Waals surface area contributed by atoms with Crippen LogP contribution in [0.15, 0.2) is 114 Å². The highest BCUT2D eigenvalue weighted by atomic mass is 16.3. The second-order valence-electron chi connectivity index (χ2n) is 12.9. The predicted molar refractivity (Wildman–Crippen MR) is 188 cm³/mol. The van der Waals surface area contributed by atoms with Crippen LogP contribution in [0.3, 0.4) is 0 Å². The Morgan fingerprint density at radius 2 is 1.35 bits per heavy atom. The number of rotatable bonds is 6. The van der Waals surface area contributed by atoms with Crippen LogP contribution in [0.2, 0.25) is 0 Å². The highest BCUT2D eigenvalue weighted by Crippen LogP contribution is 2.42. The summed E-state index contributed by atoms with van der Waals surface area (Å²) in [6, 6.07) is 38.9. The Hall–Kier alpha value is -5.40. The SMILES string of the molecule is Cc1ccc2ccoc2c1-c1n(-c2c(C(C)C)cc(-c3ccc(-c4ccccc4)cc3)cc2C(C)C)c2cc(C#N)ccc2[n+]1C. The largest absolute Gasteiger partial charge is 0.463 e. The van der Waals surface area contributed by atoms with Crippen LogP contribution < -0.4 is 4.57 Å². The van der Waals surface area contributed by atoms with Gasteiger partial charge in [-0.25, -0.2) is 4.57 Å². The van der Waals surface area contributed by atoms with Crippen molar-refractivity contribution in [1.82, 2.24) is 4.57 Å². The molecule has 0 N–H and O–H groups in total.